The summed E-state index contributed by atoms with van der Waals surface area (Å²) in [6.45, 7) is 6.44. The van der Waals surface area contributed by atoms with E-state index in [0.29, 0.717) is 6.61 Å². The minimum atomic E-state index is -0.410. The molecule has 0 aliphatic heterocycles. The molecule has 86 valence electrons. The Kier molecular flexibility index (Phi) is 2.71. The number of fused-ring (bicyclic) bond motifs is 1. The Hall–Kier alpha value is -1.36. The van der Waals surface area contributed by atoms with Crippen LogP contribution in [0.2, 0.25) is 0 Å². The molecule has 0 aliphatic rings. The van der Waals surface area contributed by atoms with Crippen molar-refractivity contribution in [2.75, 3.05) is 6.61 Å². The fourth-order valence-corrected chi connectivity index (χ4v) is 2.05. The standard InChI is InChI=1S/C11H14N2O2S/c1-11(2,3)7-15-10(14)13-9-8(6-12-13)4-5-16-9/h4-6H,7H2,1-3H3. The van der Waals surface area contributed by atoms with Gasteiger partial charge in [0.1, 0.15) is 4.83 Å². The second-order valence-corrected chi connectivity index (χ2v) is 5.75. The summed E-state index contributed by atoms with van der Waals surface area (Å²) in [6, 6.07) is 1.93. The number of rotatable bonds is 1. The average molecular weight is 238 g/mol. The van der Waals surface area contributed by atoms with Gasteiger partial charge < -0.3 is 4.74 Å². The third-order valence-electron chi connectivity index (χ3n) is 1.98. The van der Waals surface area contributed by atoms with Gasteiger partial charge in [-0.05, 0) is 16.9 Å². The second kappa shape index (κ2) is 3.90. The zero-order valence-electron chi connectivity index (χ0n) is 9.56. The van der Waals surface area contributed by atoms with Gasteiger partial charge in [0, 0.05) is 5.39 Å². The number of hydrogen-bond acceptors (Lipinski definition) is 4. The van der Waals surface area contributed by atoms with Crippen LogP contribution in [0, 0.1) is 5.41 Å². The zero-order valence-corrected chi connectivity index (χ0v) is 10.4. The number of ether oxygens (including phenoxy) is 1. The molecule has 0 atom stereocenters. The van der Waals surface area contributed by atoms with Gasteiger partial charge in [-0.3, -0.25) is 0 Å². The maximum Gasteiger partial charge on any atom is 0.436 e. The lowest BCUT2D eigenvalue weighted by atomic mass is 9.99. The number of aromatic nitrogens is 2. The van der Waals surface area contributed by atoms with Gasteiger partial charge in [-0.1, -0.05) is 20.8 Å². The van der Waals surface area contributed by atoms with E-state index < -0.39 is 6.09 Å². The predicted molar refractivity (Wildman–Crippen MR) is 63.8 cm³/mol. The summed E-state index contributed by atoms with van der Waals surface area (Å²) in [6.07, 6.45) is 1.26. The molecule has 0 saturated carbocycles. The molecule has 2 aromatic rings. The van der Waals surface area contributed by atoms with Gasteiger partial charge in [0.25, 0.3) is 0 Å². The van der Waals surface area contributed by atoms with Crippen molar-refractivity contribution in [2.45, 2.75) is 20.8 Å². The van der Waals surface area contributed by atoms with E-state index in [-0.39, 0.29) is 5.41 Å². The Morgan fingerprint density at radius 1 is 1.56 bits per heavy atom. The molecule has 16 heavy (non-hydrogen) atoms. The lowest BCUT2D eigenvalue weighted by Gasteiger charge is -2.17. The van der Waals surface area contributed by atoms with Crippen LogP contribution < -0.4 is 0 Å². The van der Waals surface area contributed by atoms with E-state index in [1.54, 1.807) is 6.20 Å². The molecule has 0 aromatic carbocycles. The van der Waals surface area contributed by atoms with E-state index in [1.807, 2.05) is 32.2 Å². The number of hydrogen-bond donors (Lipinski definition) is 0. The molecule has 0 saturated heterocycles. The molecule has 4 nitrogen and oxygen atoms in total. The number of nitrogens with zero attached hydrogens (tertiary/aromatic N) is 2. The van der Waals surface area contributed by atoms with Gasteiger partial charge in [-0.25, -0.2) is 4.79 Å². The van der Waals surface area contributed by atoms with Gasteiger partial charge >= 0.3 is 6.09 Å². The highest BCUT2D eigenvalue weighted by Gasteiger charge is 2.17. The molecule has 0 bridgehead atoms. The van der Waals surface area contributed by atoms with Crippen molar-refractivity contribution >= 4 is 27.6 Å². The quantitative estimate of drug-likeness (QED) is 0.766. The first kappa shape index (κ1) is 11.1. The highest BCUT2D eigenvalue weighted by molar-refractivity contribution is 7.16. The molecule has 0 amide bonds. The van der Waals surface area contributed by atoms with Crippen molar-refractivity contribution in [3.63, 3.8) is 0 Å². The van der Waals surface area contributed by atoms with Crippen LogP contribution in [0.1, 0.15) is 20.8 Å². The van der Waals surface area contributed by atoms with Gasteiger partial charge in [0.2, 0.25) is 0 Å². The first-order chi connectivity index (χ1) is 7.47. The Bertz CT molecular complexity index is 507. The number of thiophene rings is 1. The lowest BCUT2D eigenvalue weighted by molar-refractivity contribution is 0.106. The summed E-state index contributed by atoms with van der Waals surface area (Å²) in [4.78, 5) is 12.6. The third-order valence-corrected chi connectivity index (χ3v) is 2.88. The molecule has 5 heteroatoms. The Labute approximate surface area is 97.8 Å². The van der Waals surface area contributed by atoms with Gasteiger partial charge in [-0.15, -0.1) is 11.3 Å². The molecule has 0 unspecified atom stereocenters. The molecule has 0 aliphatic carbocycles. The monoisotopic (exact) mass is 238 g/mol. The first-order valence-corrected chi connectivity index (χ1v) is 5.94. The maximum absolute atomic E-state index is 11.7. The number of carbonyl (C=O) groups is 1. The molecule has 0 fully saturated rings. The predicted octanol–water partition coefficient (Wildman–Crippen LogP) is 3.13. The smallest absolute Gasteiger partial charge is 0.436 e. The fraction of sp³-hybridized carbons (Fsp3) is 0.455. The van der Waals surface area contributed by atoms with Crippen LogP contribution in [0.25, 0.3) is 10.2 Å². The minimum Gasteiger partial charge on any atom is -0.447 e. The van der Waals surface area contributed by atoms with E-state index in [1.165, 1.54) is 16.0 Å². The van der Waals surface area contributed by atoms with Crippen molar-refractivity contribution in [3.05, 3.63) is 17.6 Å². The highest BCUT2D eigenvalue weighted by atomic mass is 32.1. The van der Waals surface area contributed by atoms with Crippen LogP contribution >= 0.6 is 11.3 Å². The largest absolute Gasteiger partial charge is 0.447 e. The molecule has 2 heterocycles. The van der Waals surface area contributed by atoms with Crippen molar-refractivity contribution < 1.29 is 9.53 Å². The highest BCUT2D eigenvalue weighted by Crippen LogP contribution is 2.20. The summed E-state index contributed by atoms with van der Waals surface area (Å²) < 4.78 is 6.51. The molecular formula is C11H14N2O2S. The normalized spacial score (nSPS) is 11.9. The summed E-state index contributed by atoms with van der Waals surface area (Å²) in [5.74, 6) is 0. The Balaban J connectivity index is 2.14. The van der Waals surface area contributed by atoms with E-state index >= 15 is 0 Å². The Morgan fingerprint density at radius 3 is 3.00 bits per heavy atom. The third kappa shape index (κ3) is 2.24. The van der Waals surface area contributed by atoms with Gasteiger partial charge in [0.15, 0.2) is 0 Å². The minimum absolute atomic E-state index is 0.0304. The molecule has 2 rings (SSSR count). The van der Waals surface area contributed by atoms with Crippen LogP contribution in [0.4, 0.5) is 4.79 Å². The summed E-state index contributed by atoms with van der Waals surface area (Å²) >= 11 is 1.48. The van der Waals surface area contributed by atoms with Crippen molar-refractivity contribution in [2.24, 2.45) is 5.41 Å². The van der Waals surface area contributed by atoms with Gasteiger partial charge in [0.05, 0.1) is 12.8 Å². The topological polar surface area (TPSA) is 44.1 Å². The van der Waals surface area contributed by atoms with E-state index in [2.05, 4.69) is 5.10 Å². The maximum atomic E-state index is 11.7. The average Bonchev–Trinajstić information content (AvgIpc) is 2.73. The van der Waals surface area contributed by atoms with Crippen LogP contribution in [0.5, 0.6) is 0 Å². The van der Waals surface area contributed by atoms with Crippen LogP contribution in [-0.2, 0) is 4.74 Å². The fourth-order valence-electron chi connectivity index (χ4n) is 1.22. The van der Waals surface area contributed by atoms with E-state index in [0.717, 1.165) is 10.2 Å². The van der Waals surface area contributed by atoms with Crippen molar-refractivity contribution in [1.82, 2.24) is 9.78 Å². The van der Waals surface area contributed by atoms with Gasteiger partial charge in [-0.2, -0.15) is 9.78 Å². The van der Waals surface area contributed by atoms with E-state index in [4.69, 9.17) is 4.74 Å². The van der Waals surface area contributed by atoms with Crippen molar-refractivity contribution in [1.29, 1.82) is 0 Å². The summed E-state index contributed by atoms with van der Waals surface area (Å²) in [5, 5.41) is 6.91. The van der Waals surface area contributed by atoms with Crippen LogP contribution in [0.15, 0.2) is 17.6 Å². The molecule has 0 spiro atoms. The van der Waals surface area contributed by atoms with Crippen LogP contribution in [-0.4, -0.2) is 22.5 Å². The van der Waals surface area contributed by atoms with Crippen molar-refractivity contribution in [3.8, 4) is 0 Å². The zero-order chi connectivity index (χ0) is 11.8. The molecule has 2 aromatic heterocycles. The molecule has 0 radical (unpaired) electrons. The van der Waals surface area contributed by atoms with Crippen LogP contribution in [0.3, 0.4) is 0 Å². The number of carbonyl (C=O) groups excluding carboxylic acids is 1. The lowest BCUT2D eigenvalue weighted by Crippen LogP contribution is -2.22. The summed E-state index contributed by atoms with van der Waals surface area (Å²) in [7, 11) is 0. The summed E-state index contributed by atoms with van der Waals surface area (Å²) in [5.41, 5.74) is -0.0304. The molecule has 0 N–H and O–H groups in total. The first-order valence-electron chi connectivity index (χ1n) is 5.06. The second-order valence-electron chi connectivity index (χ2n) is 4.85. The SMILES string of the molecule is CC(C)(C)COC(=O)n1ncc2ccsc21. The van der Waals surface area contributed by atoms with E-state index in [9.17, 15) is 4.79 Å². The molecular weight excluding hydrogens is 224 g/mol. The Morgan fingerprint density at radius 2 is 2.31 bits per heavy atom.